The Bertz CT molecular complexity index is 1040. The molecule has 0 aliphatic heterocycles. The summed E-state index contributed by atoms with van der Waals surface area (Å²) in [6.45, 7) is 11.6. The van der Waals surface area contributed by atoms with Crippen LogP contribution in [-0.4, -0.2) is 15.4 Å². The fourth-order valence-corrected chi connectivity index (χ4v) is 7.30. The van der Waals surface area contributed by atoms with E-state index in [0.29, 0.717) is 0 Å². The van der Waals surface area contributed by atoms with E-state index in [4.69, 9.17) is 9.16 Å². The van der Waals surface area contributed by atoms with Gasteiger partial charge in [0.15, 0.2) is 0 Å². The van der Waals surface area contributed by atoms with Crippen LogP contribution in [0.4, 0.5) is 0 Å². The van der Waals surface area contributed by atoms with Gasteiger partial charge in [-0.25, -0.2) is 0 Å². The van der Waals surface area contributed by atoms with E-state index in [0.717, 1.165) is 46.1 Å². The molecule has 0 amide bonds. The van der Waals surface area contributed by atoms with E-state index in [1.54, 1.807) is 7.11 Å². The number of hydrogen-bond donors (Lipinski definition) is 0. The normalized spacial score (nSPS) is 16.4. The zero-order chi connectivity index (χ0) is 23.3. The number of halogens is 2. The molecule has 0 heterocycles. The van der Waals surface area contributed by atoms with Gasteiger partial charge in [-0.05, 0) is 136 Å². The van der Waals surface area contributed by atoms with Gasteiger partial charge in [0, 0.05) is 11.1 Å². The first-order valence-electron chi connectivity index (χ1n) is 12.0. The smallest absolute Gasteiger partial charge is 0.250 e. The number of aryl methyl sites for hydroxylation is 2. The number of benzene rings is 2. The van der Waals surface area contributed by atoms with Gasteiger partial charge in [-0.3, -0.25) is 0 Å². The number of rotatable bonds is 4. The minimum Gasteiger partial charge on any atom is -0.542 e. The lowest BCUT2D eigenvalue weighted by Crippen LogP contribution is -2.44. The summed E-state index contributed by atoms with van der Waals surface area (Å²) in [7, 11) is -0.243. The van der Waals surface area contributed by atoms with Crippen LogP contribution in [0.1, 0.15) is 68.7 Å². The maximum Gasteiger partial charge on any atom is 0.250 e. The molecule has 0 bridgehead atoms. The molecule has 0 fully saturated rings. The summed E-state index contributed by atoms with van der Waals surface area (Å²) >= 11 is 7.80. The maximum absolute atomic E-state index is 7.10. The highest BCUT2D eigenvalue weighted by Gasteiger charge is 2.41. The molecule has 4 rings (SSSR count). The van der Waals surface area contributed by atoms with Gasteiger partial charge in [0.05, 0.1) is 16.1 Å². The van der Waals surface area contributed by atoms with Gasteiger partial charge in [-0.2, -0.15) is 0 Å². The first-order valence-corrected chi connectivity index (χ1v) is 16.5. The second kappa shape index (κ2) is 9.11. The van der Waals surface area contributed by atoms with E-state index in [9.17, 15) is 0 Å². The maximum atomic E-state index is 7.10. The predicted molar refractivity (Wildman–Crippen MR) is 145 cm³/mol. The van der Waals surface area contributed by atoms with Gasteiger partial charge in [-0.15, -0.1) is 0 Å². The first kappa shape index (κ1) is 24.3. The van der Waals surface area contributed by atoms with Crippen LogP contribution in [0.25, 0.3) is 11.1 Å². The lowest BCUT2D eigenvalue weighted by atomic mass is 9.80. The number of methoxy groups -OCH3 is 1. The Labute approximate surface area is 211 Å². The molecule has 0 saturated carbocycles. The van der Waals surface area contributed by atoms with Crippen molar-refractivity contribution in [3.05, 3.63) is 43.3 Å². The van der Waals surface area contributed by atoms with Crippen molar-refractivity contribution in [3.8, 4) is 22.6 Å². The Morgan fingerprint density at radius 2 is 1.19 bits per heavy atom. The van der Waals surface area contributed by atoms with Crippen LogP contribution >= 0.6 is 31.9 Å². The number of hydrogen-bond acceptors (Lipinski definition) is 2. The number of fused-ring (bicyclic) bond motifs is 2. The predicted octanol–water partition coefficient (Wildman–Crippen LogP) is 9.03. The van der Waals surface area contributed by atoms with Gasteiger partial charge in [-0.1, -0.05) is 20.8 Å². The molecule has 0 radical (unpaired) electrons. The molecule has 5 heteroatoms. The van der Waals surface area contributed by atoms with Crippen molar-refractivity contribution in [3.63, 3.8) is 0 Å². The lowest BCUT2D eigenvalue weighted by molar-refractivity contribution is 0.412. The molecule has 32 heavy (non-hydrogen) atoms. The van der Waals surface area contributed by atoms with E-state index in [2.05, 4.69) is 77.9 Å². The first-order chi connectivity index (χ1) is 15.0. The second-order valence-corrected chi connectivity index (χ2v) is 17.3. The molecule has 2 aromatic rings. The largest absolute Gasteiger partial charge is 0.542 e. The molecule has 0 unspecified atom stereocenters. The minimum absolute atomic E-state index is 0.125. The van der Waals surface area contributed by atoms with Crippen molar-refractivity contribution in [2.45, 2.75) is 90.3 Å². The SMILES string of the molecule is COc1c(Br)cc2c(c1-c1c3c(cc(Br)c1O[Si](C)(C)C(C)(C)C)CCCC3)CCCC2. The van der Waals surface area contributed by atoms with Gasteiger partial charge in [0.2, 0.25) is 0 Å². The van der Waals surface area contributed by atoms with Crippen molar-refractivity contribution in [2.75, 3.05) is 7.11 Å². The summed E-state index contributed by atoms with van der Waals surface area (Å²) in [6.07, 6.45) is 9.48. The van der Waals surface area contributed by atoms with Crippen LogP contribution < -0.4 is 9.16 Å². The monoisotopic (exact) mass is 578 g/mol. The third-order valence-electron chi connectivity index (χ3n) is 7.73. The Balaban J connectivity index is 2.07. The van der Waals surface area contributed by atoms with Crippen molar-refractivity contribution in [1.29, 1.82) is 0 Å². The fraction of sp³-hybridized carbons (Fsp3) is 0.556. The molecule has 2 nitrogen and oxygen atoms in total. The third kappa shape index (κ3) is 4.34. The average molecular weight is 580 g/mol. The summed E-state index contributed by atoms with van der Waals surface area (Å²) < 4.78 is 15.3. The highest BCUT2D eigenvalue weighted by Crippen LogP contribution is 2.53. The Morgan fingerprint density at radius 1 is 0.750 bits per heavy atom. The van der Waals surface area contributed by atoms with Crippen LogP contribution in [-0.2, 0) is 25.7 Å². The minimum atomic E-state index is -2.05. The lowest BCUT2D eigenvalue weighted by Gasteiger charge is -2.38. The molecule has 2 aromatic carbocycles. The van der Waals surface area contributed by atoms with Crippen LogP contribution in [0.15, 0.2) is 21.1 Å². The summed E-state index contributed by atoms with van der Waals surface area (Å²) in [5.41, 5.74) is 8.41. The fourth-order valence-electron chi connectivity index (χ4n) is 4.93. The zero-order valence-electron chi connectivity index (χ0n) is 20.4. The van der Waals surface area contributed by atoms with Crippen molar-refractivity contribution in [2.24, 2.45) is 0 Å². The van der Waals surface area contributed by atoms with Gasteiger partial charge < -0.3 is 9.16 Å². The Hall–Kier alpha value is -0.783. The molecular weight excluding hydrogens is 544 g/mol. The van der Waals surface area contributed by atoms with Crippen molar-refractivity contribution < 1.29 is 9.16 Å². The highest BCUT2D eigenvalue weighted by molar-refractivity contribution is 9.11. The van der Waals surface area contributed by atoms with E-state index < -0.39 is 8.32 Å². The van der Waals surface area contributed by atoms with Gasteiger partial charge in [0.1, 0.15) is 11.5 Å². The van der Waals surface area contributed by atoms with Crippen LogP contribution in [0, 0.1) is 0 Å². The summed E-state index contributed by atoms with van der Waals surface area (Å²) in [5.74, 6) is 1.98. The van der Waals surface area contributed by atoms with Crippen LogP contribution in [0.3, 0.4) is 0 Å². The third-order valence-corrected chi connectivity index (χ3v) is 13.2. The molecule has 0 aromatic heterocycles. The van der Waals surface area contributed by atoms with Crippen LogP contribution in [0.5, 0.6) is 11.5 Å². The molecule has 2 aliphatic rings. The number of ether oxygens (including phenoxy) is 1. The van der Waals surface area contributed by atoms with E-state index >= 15 is 0 Å². The average Bonchev–Trinajstić information content (AvgIpc) is 2.72. The van der Waals surface area contributed by atoms with Gasteiger partial charge in [0.25, 0.3) is 8.32 Å². The molecular formula is C27H36Br2O2Si. The summed E-state index contributed by atoms with van der Waals surface area (Å²) in [4.78, 5) is 0. The van der Waals surface area contributed by atoms with Crippen LogP contribution in [0.2, 0.25) is 18.1 Å². The molecule has 2 aliphatic carbocycles. The van der Waals surface area contributed by atoms with E-state index in [1.807, 2.05) is 0 Å². The van der Waals surface area contributed by atoms with E-state index in [1.165, 1.54) is 59.1 Å². The quantitative estimate of drug-likeness (QED) is 0.336. The molecule has 0 saturated heterocycles. The van der Waals surface area contributed by atoms with Crippen molar-refractivity contribution in [1.82, 2.24) is 0 Å². The topological polar surface area (TPSA) is 18.5 Å². The standard InChI is InChI=1S/C27H36Br2O2Si/c1-27(2,3)32(5,6)31-26-22(29)16-18-12-8-10-14-20(18)24(26)23-19-13-9-7-11-17(19)15-21(28)25(23)30-4/h15-16H,7-14H2,1-6H3. The molecule has 0 atom stereocenters. The molecule has 0 N–H and O–H groups in total. The van der Waals surface area contributed by atoms with Crippen molar-refractivity contribution >= 4 is 40.2 Å². The summed E-state index contributed by atoms with van der Waals surface area (Å²) in [6, 6.07) is 4.62. The molecule has 0 spiro atoms. The Morgan fingerprint density at radius 3 is 1.66 bits per heavy atom. The second-order valence-electron chi connectivity index (χ2n) is 10.9. The Kier molecular flexibility index (Phi) is 6.93. The van der Waals surface area contributed by atoms with Gasteiger partial charge >= 0.3 is 0 Å². The van der Waals surface area contributed by atoms with E-state index in [-0.39, 0.29) is 5.04 Å². The highest BCUT2D eigenvalue weighted by atomic mass is 79.9. The molecule has 174 valence electrons. The summed E-state index contributed by atoms with van der Waals surface area (Å²) in [5, 5.41) is 0.125. The zero-order valence-corrected chi connectivity index (χ0v) is 24.6.